The first kappa shape index (κ1) is 16.3. The van der Waals surface area contributed by atoms with Gasteiger partial charge in [0, 0.05) is 19.1 Å². The summed E-state index contributed by atoms with van der Waals surface area (Å²) in [7, 11) is 0. The van der Waals surface area contributed by atoms with Crippen molar-refractivity contribution < 1.29 is 4.74 Å². The van der Waals surface area contributed by atoms with Crippen LogP contribution in [0.25, 0.3) is 0 Å². The fourth-order valence-corrected chi connectivity index (χ4v) is 2.91. The summed E-state index contributed by atoms with van der Waals surface area (Å²) in [6.45, 7) is 9.63. The first-order chi connectivity index (χ1) is 10.3. The molecule has 1 aliphatic heterocycles. The Hall–Kier alpha value is -1.06. The van der Waals surface area contributed by atoms with Crippen molar-refractivity contribution in [3.05, 3.63) is 29.8 Å². The first-order valence-electron chi connectivity index (χ1n) is 8.49. The van der Waals surface area contributed by atoms with Crippen LogP contribution in [0, 0.1) is 0 Å². The highest BCUT2D eigenvalue weighted by Crippen LogP contribution is 2.16. The lowest BCUT2D eigenvalue weighted by molar-refractivity contribution is 0.226. The van der Waals surface area contributed by atoms with Crippen molar-refractivity contribution in [1.29, 1.82) is 0 Å². The fraction of sp³-hybridized carbons (Fsp3) is 0.667. The smallest absolute Gasteiger partial charge is 0.119 e. The lowest BCUT2D eigenvalue weighted by Gasteiger charge is -2.30. The Balaban J connectivity index is 1.87. The average Bonchev–Trinajstić information content (AvgIpc) is 2.53. The molecule has 1 atom stereocenters. The van der Waals surface area contributed by atoms with E-state index >= 15 is 0 Å². The largest absolute Gasteiger partial charge is 0.494 e. The lowest BCUT2D eigenvalue weighted by atomic mass is 10.0. The SMILES string of the molecule is CCCOc1cccc(CN(CC)CC2CCCCN2)c1. The molecule has 1 saturated heterocycles. The van der Waals surface area contributed by atoms with Gasteiger partial charge in [0.25, 0.3) is 0 Å². The van der Waals surface area contributed by atoms with Crippen LogP contribution in [0.4, 0.5) is 0 Å². The number of ether oxygens (including phenoxy) is 1. The zero-order valence-corrected chi connectivity index (χ0v) is 13.6. The Labute approximate surface area is 129 Å². The number of hydrogen-bond acceptors (Lipinski definition) is 3. The van der Waals surface area contributed by atoms with Crippen molar-refractivity contribution in [3.8, 4) is 5.75 Å². The van der Waals surface area contributed by atoms with E-state index in [9.17, 15) is 0 Å². The van der Waals surface area contributed by atoms with E-state index in [2.05, 4.69) is 48.3 Å². The van der Waals surface area contributed by atoms with Gasteiger partial charge in [-0.25, -0.2) is 0 Å². The van der Waals surface area contributed by atoms with E-state index in [0.717, 1.165) is 38.4 Å². The molecular weight excluding hydrogens is 260 g/mol. The predicted molar refractivity (Wildman–Crippen MR) is 88.8 cm³/mol. The van der Waals surface area contributed by atoms with Gasteiger partial charge in [0.2, 0.25) is 0 Å². The molecule has 3 heteroatoms. The summed E-state index contributed by atoms with van der Waals surface area (Å²) in [6.07, 6.45) is 5.07. The summed E-state index contributed by atoms with van der Waals surface area (Å²) in [5, 5.41) is 3.64. The molecule has 0 saturated carbocycles. The normalized spacial score (nSPS) is 18.9. The first-order valence-corrected chi connectivity index (χ1v) is 8.49. The molecule has 21 heavy (non-hydrogen) atoms. The monoisotopic (exact) mass is 290 g/mol. The summed E-state index contributed by atoms with van der Waals surface area (Å²) in [5.41, 5.74) is 1.35. The maximum Gasteiger partial charge on any atom is 0.119 e. The van der Waals surface area contributed by atoms with E-state index in [1.165, 1.54) is 31.4 Å². The molecule has 0 aromatic heterocycles. The number of rotatable bonds is 8. The molecule has 1 aromatic rings. The molecule has 1 aliphatic rings. The third-order valence-electron chi connectivity index (χ3n) is 4.12. The minimum absolute atomic E-state index is 0.665. The van der Waals surface area contributed by atoms with Crippen LogP contribution >= 0.6 is 0 Å². The molecule has 1 N–H and O–H groups in total. The Morgan fingerprint density at radius 3 is 2.90 bits per heavy atom. The highest BCUT2D eigenvalue weighted by Gasteiger charge is 2.16. The molecular formula is C18H30N2O. The third-order valence-corrected chi connectivity index (χ3v) is 4.12. The minimum atomic E-state index is 0.665. The number of piperidine rings is 1. The highest BCUT2D eigenvalue weighted by atomic mass is 16.5. The van der Waals surface area contributed by atoms with Crippen LogP contribution in [-0.4, -0.2) is 37.2 Å². The Kier molecular flexibility index (Phi) is 7.04. The van der Waals surface area contributed by atoms with Crippen LogP contribution in [0.15, 0.2) is 24.3 Å². The topological polar surface area (TPSA) is 24.5 Å². The number of likely N-dealkylation sites (N-methyl/N-ethyl adjacent to an activating group) is 1. The summed E-state index contributed by atoms with van der Waals surface area (Å²) in [5.74, 6) is 1.00. The van der Waals surface area contributed by atoms with Gasteiger partial charge in [0.05, 0.1) is 6.61 Å². The van der Waals surface area contributed by atoms with Gasteiger partial charge in [-0.2, -0.15) is 0 Å². The quantitative estimate of drug-likeness (QED) is 0.794. The van der Waals surface area contributed by atoms with E-state index in [1.807, 2.05) is 0 Å². The van der Waals surface area contributed by atoms with Crippen LogP contribution in [0.3, 0.4) is 0 Å². The van der Waals surface area contributed by atoms with Crippen LogP contribution in [0.1, 0.15) is 45.1 Å². The summed E-state index contributed by atoms with van der Waals surface area (Å²) >= 11 is 0. The average molecular weight is 290 g/mol. The second-order valence-electron chi connectivity index (χ2n) is 5.97. The molecule has 1 aromatic carbocycles. The summed E-state index contributed by atoms with van der Waals surface area (Å²) in [4.78, 5) is 2.53. The van der Waals surface area contributed by atoms with E-state index in [-0.39, 0.29) is 0 Å². The second-order valence-corrected chi connectivity index (χ2v) is 5.97. The lowest BCUT2D eigenvalue weighted by Crippen LogP contribution is -2.43. The molecule has 3 nitrogen and oxygen atoms in total. The van der Waals surface area contributed by atoms with Crippen molar-refractivity contribution in [2.75, 3.05) is 26.2 Å². The summed E-state index contributed by atoms with van der Waals surface area (Å²) < 4.78 is 5.73. The number of hydrogen-bond donors (Lipinski definition) is 1. The van der Waals surface area contributed by atoms with Gasteiger partial charge in [-0.3, -0.25) is 4.90 Å². The molecule has 1 unspecified atom stereocenters. The zero-order valence-electron chi connectivity index (χ0n) is 13.6. The van der Waals surface area contributed by atoms with Crippen molar-refractivity contribution >= 4 is 0 Å². The number of nitrogens with zero attached hydrogens (tertiary/aromatic N) is 1. The standard InChI is InChI=1S/C18H30N2O/c1-3-12-21-18-10-7-8-16(13-18)14-20(4-2)15-17-9-5-6-11-19-17/h7-8,10,13,17,19H,3-6,9,11-12,14-15H2,1-2H3. The van der Waals surface area contributed by atoms with Gasteiger partial charge < -0.3 is 10.1 Å². The number of benzene rings is 1. The van der Waals surface area contributed by atoms with Crippen LogP contribution in [0.5, 0.6) is 5.75 Å². The molecule has 1 heterocycles. The van der Waals surface area contributed by atoms with Gasteiger partial charge >= 0.3 is 0 Å². The van der Waals surface area contributed by atoms with Crippen molar-refractivity contribution in [3.63, 3.8) is 0 Å². The molecule has 0 radical (unpaired) electrons. The van der Waals surface area contributed by atoms with E-state index in [4.69, 9.17) is 4.74 Å². The van der Waals surface area contributed by atoms with Crippen molar-refractivity contribution in [2.24, 2.45) is 0 Å². The van der Waals surface area contributed by atoms with Crippen LogP contribution < -0.4 is 10.1 Å². The van der Waals surface area contributed by atoms with E-state index in [0.29, 0.717) is 6.04 Å². The Bertz CT molecular complexity index is 402. The van der Waals surface area contributed by atoms with Gasteiger partial charge in [-0.15, -0.1) is 0 Å². The molecule has 0 amide bonds. The molecule has 118 valence electrons. The predicted octanol–water partition coefficient (Wildman–Crippen LogP) is 3.44. The van der Waals surface area contributed by atoms with Gasteiger partial charge in [-0.05, 0) is 50.0 Å². The van der Waals surface area contributed by atoms with Crippen molar-refractivity contribution in [2.45, 2.75) is 52.1 Å². The van der Waals surface area contributed by atoms with Gasteiger partial charge in [0.1, 0.15) is 5.75 Å². The van der Waals surface area contributed by atoms with E-state index in [1.54, 1.807) is 0 Å². The zero-order chi connectivity index (χ0) is 14.9. The van der Waals surface area contributed by atoms with E-state index < -0.39 is 0 Å². The summed E-state index contributed by atoms with van der Waals surface area (Å²) in [6, 6.07) is 9.21. The van der Waals surface area contributed by atoms with Crippen molar-refractivity contribution in [1.82, 2.24) is 10.2 Å². The molecule has 0 aliphatic carbocycles. The third kappa shape index (κ3) is 5.68. The van der Waals surface area contributed by atoms with Crippen LogP contribution in [-0.2, 0) is 6.54 Å². The maximum absolute atomic E-state index is 5.73. The fourth-order valence-electron chi connectivity index (χ4n) is 2.91. The highest BCUT2D eigenvalue weighted by molar-refractivity contribution is 5.28. The maximum atomic E-state index is 5.73. The second kappa shape index (κ2) is 9.06. The molecule has 2 rings (SSSR count). The van der Waals surface area contributed by atoms with Crippen LogP contribution in [0.2, 0.25) is 0 Å². The van der Waals surface area contributed by atoms with Gasteiger partial charge in [-0.1, -0.05) is 32.4 Å². The Morgan fingerprint density at radius 2 is 2.19 bits per heavy atom. The minimum Gasteiger partial charge on any atom is -0.494 e. The molecule has 0 spiro atoms. The Morgan fingerprint density at radius 1 is 1.29 bits per heavy atom. The molecule has 0 bridgehead atoms. The molecule has 1 fully saturated rings. The van der Waals surface area contributed by atoms with Gasteiger partial charge in [0.15, 0.2) is 0 Å². The number of nitrogens with one attached hydrogen (secondary N) is 1.